The smallest absolute Gasteiger partial charge is 0.164 e. The molecule has 246 valence electrons. The maximum Gasteiger partial charge on any atom is 0.164 e. The van der Waals surface area contributed by atoms with Crippen LogP contribution < -0.4 is 0 Å². The minimum Gasteiger partial charge on any atom is -0.456 e. The van der Waals surface area contributed by atoms with Crippen molar-refractivity contribution in [3.63, 3.8) is 0 Å². The van der Waals surface area contributed by atoms with Gasteiger partial charge in [-0.25, -0.2) is 15.0 Å². The average Bonchev–Trinajstić information content (AvgIpc) is 3.70. The molecular formula is C48H33N3O. The molecule has 0 radical (unpaired) electrons. The van der Waals surface area contributed by atoms with Gasteiger partial charge in [0.1, 0.15) is 11.2 Å². The monoisotopic (exact) mass is 667 g/mol. The standard InChI is InChI=1S/C48H33N3O/c1-48(2)39-26-27-42-44(38-18-9-10-19-41(38)52-42)43(39)37-25-24-36(29-40(37)48)35-17-11-16-34(28-35)30-20-22-33(23-21-30)47-50-45(31-12-5-3-6-13-31)49-46(51-47)32-14-7-4-8-15-32/h3-29H,1-2H3. The minimum atomic E-state index is -0.142. The van der Waals surface area contributed by atoms with Gasteiger partial charge in [-0.1, -0.05) is 153 Å². The first-order chi connectivity index (χ1) is 25.5. The van der Waals surface area contributed by atoms with Crippen molar-refractivity contribution in [2.75, 3.05) is 0 Å². The zero-order chi connectivity index (χ0) is 34.8. The van der Waals surface area contributed by atoms with Gasteiger partial charge in [0.05, 0.1) is 0 Å². The molecule has 2 heterocycles. The number of rotatable bonds is 5. The van der Waals surface area contributed by atoms with Crippen molar-refractivity contribution in [2.45, 2.75) is 19.3 Å². The average molecular weight is 668 g/mol. The maximum absolute atomic E-state index is 6.28. The molecule has 0 bridgehead atoms. The number of hydrogen-bond donors (Lipinski definition) is 0. The lowest BCUT2D eigenvalue weighted by molar-refractivity contribution is 0.657. The van der Waals surface area contributed by atoms with Gasteiger partial charge in [0, 0.05) is 32.9 Å². The molecule has 0 saturated heterocycles. The molecule has 52 heavy (non-hydrogen) atoms. The molecule has 0 N–H and O–H groups in total. The number of benzene rings is 7. The Morgan fingerprint density at radius 2 is 0.923 bits per heavy atom. The van der Waals surface area contributed by atoms with Crippen LogP contribution in [0.15, 0.2) is 168 Å². The Kier molecular flexibility index (Phi) is 6.80. The molecule has 1 aliphatic rings. The third kappa shape index (κ3) is 4.87. The van der Waals surface area contributed by atoms with Gasteiger partial charge in [-0.3, -0.25) is 0 Å². The van der Waals surface area contributed by atoms with Crippen LogP contribution in [0.2, 0.25) is 0 Å². The summed E-state index contributed by atoms with van der Waals surface area (Å²) in [7, 11) is 0. The lowest BCUT2D eigenvalue weighted by Gasteiger charge is -2.22. The minimum absolute atomic E-state index is 0.142. The largest absolute Gasteiger partial charge is 0.456 e. The summed E-state index contributed by atoms with van der Waals surface area (Å²) in [5.74, 6) is 1.96. The summed E-state index contributed by atoms with van der Waals surface area (Å²) < 4.78 is 6.28. The van der Waals surface area contributed by atoms with Gasteiger partial charge in [-0.05, 0) is 68.8 Å². The van der Waals surface area contributed by atoms with E-state index in [4.69, 9.17) is 19.4 Å². The quantitative estimate of drug-likeness (QED) is 0.183. The second-order valence-corrected chi connectivity index (χ2v) is 14.0. The Labute approximate surface area is 302 Å². The molecular weight excluding hydrogens is 635 g/mol. The van der Waals surface area contributed by atoms with Crippen molar-refractivity contribution in [2.24, 2.45) is 0 Å². The molecule has 10 rings (SSSR count). The SMILES string of the molecule is CC1(C)c2cc(-c3cccc(-c4ccc(-c5nc(-c6ccccc6)nc(-c6ccccc6)n5)cc4)c3)ccc2-c2c1ccc1oc3ccccc3c21. The van der Waals surface area contributed by atoms with Crippen molar-refractivity contribution in [3.05, 3.63) is 175 Å². The highest BCUT2D eigenvalue weighted by atomic mass is 16.3. The van der Waals surface area contributed by atoms with Crippen molar-refractivity contribution in [3.8, 4) is 67.5 Å². The van der Waals surface area contributed by atoms with E-state index in [1.807, 2.05) is 66.7 Å². The third-order valence-corrected chi connectivity index (χ3v) is 10.6. The van der Waals surface area contributed by atoms with Crippen LogP contribution in [0, 0.1) is 0 Å². The van der Waals surface area contributed by atoms with Gasteiger partial charge in [0.15, 0.2) is 17.5 Å². The van der Waals surface area contributed by atoms with E-state index in [9.17, 15) is 0 Å². The molecule has 4 nitrogen and oxygen atoms in total. The van der Waals surface area contributed by atoms with Crippen molar-refractivity contribution in [1.29, 1.82) is 0 Å². The first kappa shape index (κ1) is 30.2. The molecule has 0 saturated carbocycles. The zero-order valence-corrected chi connectivity index (χ0v) is 28.8. The number of hydrogen-bond acceptors (Lipinski definition) is 4. The van der Waals surface area contributed by atoms with Crippen LogP contribution in [0.25, 0.3) is 89.5 Å². The highest BCUT2D eigenvalue weighted by Crippen LogP contribution is 2.53. The second kappa shape index (κ2) is 11.7. The van der Waals surface area contributed by atoms with Gasteiger partial charge in [0.25, 0.3) is 0 Å². The van der Waals surface area contributed by atoms with Gasteiger partial charge in [-0.15, -0.1) is 0 Å². The third-order valence-electron chi connectivity index (χ3n) is 10.6. The second-order valence-electron chi connectivity index (χ2n) is 14.0. The number of nitrogens with zero attached hydrogens (tertiary/aromatic N) is 3. The predicted molar refractivity (Wildman–Crippen MR) is 212 cm³/mol. The van der Waals surface area contributed by atoms with E-state index in [2.05, 4.69) is 111 Å². The van der Waals surface area contributed by atoms with E-state index in [1.54, 1.807) is 0 Å². The molecule has 1 aliphatic carbocycles. The van der Waals surface area contributed by atoms with E-state index >= 15 is 0 Å². The molecule has 2 aromatic heterocycles. The lowest BCUT2D eigenvalue weighted by atomic mass is 9.81. The number of furan rings is 1. The number of fused-ring (bicyclic) bond motifs is 7. The first-order valence-corrected chi connectivity index (χ1v) is 17.7. The van der Waals surface area contributed by atoms with E-state index in [0.717, 1.165) is 39.0 Å². The van der Waals surface area contributed by atoms with E-state index in [-0.39, 0.29) is 5.41 Å². The van der Waals surface area contributed by atoms with Crippen molar-refractivity contribution < 1.29 is 4.42 Å². The van der Waals surface area contributed by atoms with Crippen LogP contribution in [0.4, 0.5) is 0 Å². The van der Waals surface area contributed by atoms with Crippen LogP contribution in [-0.2, 0) is 5.41 Å². The maximum atomic E-state index is 6.28. The summed E-state index contributed by atoms with van der Waals surface area (Å²) in [5, 5.41) is 2.38. The fourth-order valence-electron chi connectivity index (χ4n) is 7.85. The van der Waals surface area contributed by atoms with Crippen LogP contribution in [0.3, 0.4) is 0 Å². The molecule has 0 unspecified atom stereocenters. The summed E-state index contributed by atoms with van der Waals surface area (Å²) in [5.41, 5.74) is 14.5. The number of para-hydroxylation sites is 1. The summed E-state index contributed by atoms with van der Waals surface area (Å²) in [6.07, 6.45) is 0. The Morgan fingerprint density at radius 3 is 1.60 bits per heavy atom. The topological polar surface area (TPSA) is 51.8 Å². The fraction of sp³-hybridized carbons (Fsp3) is 0.0625. The Morgan fingerprint density at radius 1 is 0.404 bits per heavy atom. The summed E-state index contributed by atoms with van der Waals surface area (Å²) >= 11 is 0. The van der Waals surface area contributed by atoms with Crippen LogP contribution in [0.5, 0.6) is 0 Å². The van der Waals surface area contributed by atoms with E-state index in [0.29, 0.717) is 17.5 Å². The van der Waals surface area contributed by atoms with Crippen LogP contribution >= 0.6 is 0 Å². The Balaban J connectivity index is 1.00. The molecule has 0 spiro atoms. The normalized spacial score (nSPS) is 13.0. The lowest BCUT2D eigenvalue weighted by Crippen LogP contribution is -2.14. The predicted octanol–water partition coefficient (Wildman–Crippen LogP) is 12.4. The number of aromatic nitrogens is 3. The summed E-state index contributed by atoms with van der Waals surface area (Å²) in [4.78, 5) is 14.7. The Hall–Kier alpha value is -6.65. The van der Waals surface area contributed by atoms with Gasteiger partial charge in [0.2, 0.25) is 0 Å². The van der Waals surface area contributed by atoms with Crippen LogP contribution in [0.1, 0.15) is 25.0 Å². The molecule has 0 amide bonds. The molecule has 0 aliphatic heterocycles. The summed E-state index contributed by atoms with van der Waals surface area (Å²) in [6.45, 7) is 4.68. The first-order valence-electron chi connectivity index (χ1n) is 17.7. The Bertz CT molecular complexity index is 2740. The molecule has 0 fully saturated rings. The molecule has 7 aromatic carbocycles. The summed E-state index contributed by atoms with van der Waals surface area (Å²) in [6, 6.07) is 57.2. The zero-order valence-electron chi connectivity index (χ0n) is 28.8. The van der Waals surface area contributed by atoms with E-state index in [1.165, 1.54) is 44.2 Å². The highest BCUT2D eigenvalue weighted by Gasteiger charge is 2.37. The van der Waals surface area contributed by atoms with Crippen molar-refractivity contribution in [1.82, 2.24) is 15.0 Å². The molecule has 0 atom stereocenters. The molecule has 4 heteroatoms. The fourth-order valence-corrected chi connectivity index (χ4v) is 7.85. The van der Waals surface area contributed by atoms with Gasteiger partial charge < -0.3 is 4.42 Å². The van der Waals surface area contributed by atoms with Gasteiger partial charge >= 0.3 is 0 Å². The van der Waals surface area contributed by atoms with Crippen LogP contribution in [-0.4, -0.2) is 15.0 Å². The molecule has 9 aromatic rings. The van der Waals surface area contributed by atoms with E-state index < -0.39 is 0 Å². The van der Waals surface area contributed by atoms with Crippen molar-refractivity contribution >= 4 is 21.9 Å². The van der Waals surface area contributed by atoms with Gasteiger partial charge in [-0.2, -0.15) is 0 Å². The highest BCUT2D eigenvalue weighted by molar-refractivity contribution is 6.15.